The Hall–Kier alpha value is -3.30. The van der Waals surface area contributed by atoms with E-state index in [0.29, 0.717) is 29.4 Å². The van der Waals surface area contributed by atoms with Gasteiger partial charge in [0.15, 0.2) is 0 Å². The van der Waals surface area contributed by atoms with E-state index in [0.717, 1.165) is 68.5 Å². The molecular formula is C26H30FN7O. The van der Waals surface area contributed by atoms with Gasteiger partial charge >= 0.3 is 0 Å². The van der Waals surface area contributed by atoms with Gasteiger partial charge in [-0.25, -0.2) is 19.3 Å². The number of aryl methyl sites for hydroxylation is 1. The number of aromatic nitrogens is 3. The van der Waals surface area contributed by atoms with Gasteiger partial charge in [-0.05, 0) is 56.3 Å². The molecule has 2 aromatic heterocycles. The molecule has 0 saturated carbocycles. The number of benzene rings is 1. The maximum atomic E-state index is 15.1. The van der Waals surface area contributed by atoms with Gasteiger partial charge in [0.05, 0.1) is 24.6 Å². The molecule has 6 rings (SSSR count). The molecule has 2 atom stereocenters. The van der Waals surface area contributed by atoms with Crippen LogP contribution in [0, 0.1) is 12.7 Å². The second-order valence-electron chi connectivity index (χ2n) is 9.66. The van der Waals surface area contributed by atoms with Crippen molar-refractivity contribution in [3.8, 4) is 11.3 Å². The Kier molecular flexibility index (Phi) is 5.74. The van der Waals surface area contributed by atoms with E-state index < -0.39 is 0 Å². The highest BCUT2D eigenvalue weighted by Gasteiger charge is 2.42. The van der Waals surface area contributed by atoms with Gasteiger partial charge < -0.3 is 19.9 Å². The first-order chi connectivity index (χ1) is 17.0. The Morgan fingerprint density at radius 3 is 2.57 bits per heavy atom. The SMILES string of the molecule is Cc1cnc(Nc2ccc(N3CC4CC3CN4C)c(F)c2)nc1-c1ccc(N2CCOCC2)nc1. The molecule has 0 radical (unpaired) electrons. The molecule has 35 heavy (non-hydrogen) atoms. The standard InChI is InChI=1S/C26H30FN7O/c1-17-13-29-26(31-25(17)18-3-6-24(28-14-18)33-7-9-35-10-8-33)30-19-4-5-23(22(27)11-19)34-16-20-12-21(34)15-32(20)2/h3-6,11,13-14,20-21H,7-10,12,15-16H2,1-2H3,(H,29,30,31). The Balaban J connectivity index is 1.19. The lowest BCUT2D eigenvalue weighted by atomic mass is 10.1. The Labute approximate surface area is 204 Å². The molecule has 0 amide bonds. The van der Waals surface area contributed by atoms with Crippen molar-refractivity contribution in [2.45, 2.75) is 25.4 Å². The van der Waals surface area contributed by atoms with Crippen LogP contribution in [0.2, 0.25) is 0 Å². The van der Waals surface area contributed by atoms with Gasteiger partial charge in [0, 0.05) is 61.9 Å². The van der Waals surface area contributed by atoms with Crippen LogP contribution in [0.5, 0.6) is 0 Å². The molecule has 0 spiro atoms. The van der Waals surface area contributed by atoms with E-state index in [1.54, 1.807) is 6.20 Å². The van der Waals surface area contributed by atoms with E-state index >= 15 is 4.39 Å². The average molecular weight is 476 g/mol. The number of ether oxygens (including phenoxy) is 1. The van der Waals surface area contributed by atoms with E-state index in [1.165, 1.54) is 6.07 Å². The number of pyridine rings is 1. The van der Waals surface area contributed by atoms with Crippen molar-refractivity contribution in [2.75, 3.05) is 61.6 Å². The Bertz CT molecular complexity index is 1210. The molecule has 5 heterocycles. The van der Waals surface area contributed by atoms with Crippen LogP contribution in [0.3, 0.4) is 0 Å². The fraction of sp³-hybridized carbons (Fsp3) is 0.423. The van der Waals surface area contributed by atoms with E-state index in [4.69, 9.17) is 9.72 Å². The first-order valence-electron chi connectivity index (χ1n) is 12.2. The molecule has 3 aromatic rings. The average Bonchev–Trinajstić information content (AvgIpc) is 3.46. The zero-order chi connectivity index (χ0) is 23.9. The number of anilines is 4. The molecule has 2 bridgehead atoms. The molecule has 1 N–H and O–H groups in total. The monoisotopic (exact) mass is 475 g/mol. The second kappa shape index (κ2) is 9.05. The van der Waals surface area contributed by atoms with Crippen molar-refractivity contribution in [1.29, 1.82) is 0 Å². The van der Waals surface area contributed by atoms with E-state index in [9.17, 15) is 0 Å². The number of piperazine rings is 1. The van der Waals surface area contributed by atoms with Crippen LogP contribution in [0.25, 0.3) is 11.3 Å². The predicted octanol–water partition coefficient (Wildman–Crippen LogP) is 3.46. The fourth-order valence-electron chi connectivity index (χ4n) is 5.41. The summed E-state index contributed by atoms with van der Waals surface area (Å²) in [5, 5.41) is 3.17. The summed E-state index contributed by atoms with van der Waals surface area (Å²) in [7, 11) is 2.15. The number of likely N-dealkylation sites (N-methyl/N-ethyl adjacent to an activating group) is 1. The molecule has 3 fully saturated rings. The summed E-state index contributed by atoms with van der Waals surface area (Å²) in [5.41, 5.74) is 3.97. The lowest BCUT2D eigenvalue weighted by molar-refractivity contribution is 0.122. The minimum atomic E-state index is -0.222. The Morgan fingerprint density at radius 2 is 1.89 bits per heavy atom. The van der Waals surface area contributed by atoms with Gasteiger partial charge in [-0.2, -0.15) is 0 Å². The van der Waals surface area contributed by atoms with Crippen molar-refractivity contribution in [3.05, 3.63) is 54.1 Å². The molecular weight excluding hydrogens is 445 g/mol. The molecule has 182 valence electrons. The van der Waals surface area contributed by atoms with Crippen LogP contribution in [-0.2, 0) is 4.74 Å². The summed E-state index contributed by atoms with van der Waals surface area (Å²) in [4.78, 5) is 20.6. The van der Waals surface area contributed by atoms with Gasteiger partial charge in [-0.1, -0.05) is 0 Å². The van der Waals surface area contributed by atoms with Gasteiger partial charge in [0.25, 0.3) is 0 Å². The molecule has 1 aromatic carbocycles. The highest BCUT2D eigenvalue weighted by Crippen LogP contribution is 2.36. The number of nitrogens with one attached hydrogen (secondary N) is 1. The number of nitrogens with zero attached hydrogens (tertiary/aromatic N) is 6. The fourth-order valence-corrected chi connectivity index (χ4v) is 5.41. The minimum Gasteiger partial charge on any atom is -0.378 e. The summed E-state index contributed by atoms with van der Waals surface area (Å²) < 4.78 is 20.5. The van der Waals surface area contributed by atoms with Crippen LogP contribution >= 0.6 is 0 Å². The van der Waals surface area contributed by atoms with Crippen molar-refractivity contribution in [3.63, 3.8) is 0 Å². The summed E-state index contributed by atoms with van der Waals surface area (Å²) in [6, 6.07) is 10.3. The molecule has 2 unspecified atom stereocenters. The third-order valence-corrected chi connectivity index (χ3v) is 7.36. The van der Waals surface area contributed by atoms with E-state index in [-0.39, 0.29) is 5.82 Å². The molecule has 3 aliphatic heterocycles. The van der Waals surface area contributed by atoms with Crippen molar-refractivity contribution in [2.24, 2.45) is 0 Å². The Morgan fingerprint density at radius 1 is 1.03 bits per heavy atom. The number of halogens is 1. The number of fused-ring (bicyclic) bond motifs is 2. The largest absolute Gasteiger partial charge is 0.378 e. The number of hydrogen-bond donors (Lipinski definition) is 1. The van der Waals surface area contributed by atoms with Crippen molar-refractivity contribution >= 4 is 23.1 Å². The van der Waals surface area contributed by atoms with Crippen LogP contribution < -0.4 is 15.1 Å². The summed E-state index contributed by atoms with van der Waals surface area (Å²) in [5.74, 6) is 1.15. The first-order valence-corrected chi connectivity index (χ1v) is 12.2. The maximum absolute atomic E-state index is 15.1. The van der Waals surface area contributed by atoms with Gasteiger partial charge in [0.2, 0.25) is 5.95 Å². The molecule has 8 nitrogen and oxygen atoms in total. The van der Waals surface area contributed by atoms with E-state index in [1.807, 2.05) is 37.4 Å². The highest BCUT2D eigenvalue weighted by atomic mass is 19.1. The van der Waals surface area contributed by atoms with Crippen molar-refractivity contribution in [1.82, 2.24) is 19.9 Å². The van der Waals surface area contributed by atoms with Gasteiger partial charge in [-0.3, -0.25) is 4.90 Å². The van der Waals surface area contributed by atoms with Crippen LogP contribution in [0.4, 0.5) is 27.5 Å². The lowest BCUT2D eigenvalue weighted by Crippen LogP contribution is -2.44. The van der Waals surface area contributed by atoms with E-state index in [2.05, 4.69) is 37.0 Å². The number of morpholine rings is 1. The quantitative estimate of drug-likeness (QED) is 0.602. The van der Waals surface area contributed by atoms with Crippen LogP contribution in [0.15, 0.2) is 42.7 Å². The third-order valence-electron chi connectivity index (χ3n) is 7.36. The normalized spacial score (nSPS) is 22.1. The highest BCUT2D eigenvalue weighted by molar-refractivity contribution is 5.66. The second-order valence-corrected chi connectivity index (χ2v) is 9.66. The minimum absolute atomic E-state index is 0.222. The summed E-state index contributed by atoms with van der Waals surface area (Å²) in [6.07, 6.45) is 4.74. The zero-order valence-electron chi connectivity index (χ0n) is 20.1. The van der Waals surface area contributed by atoms with Crippen LogP contribution in [0.1, 0.15) is 12.0 Å². The maximum Gasteiger partial charge on any atom is 0.227 e. The van der Waals surface area contributed by atoms with Gasteiger partial charge in [0.1, 0.15) is 11.6 Å². The number of hydrogen-bond acceptors (Lipinski definition) is 8. The summed E-state index contributed by atoms with van der Waals surface area (Å²) in [6.45, 7) is 6.99. The van der Waals surface area contributed by atoms with Gasteiger partial charge in [-0.15, -0.1) is 0 Å². The zero-order valence-corrected chi connectivity index (χ0v) is 20.1. The smallest absolute Gasteiger partial charge is 0.227 e. The predicted molar refractivity (Wildman–Crippen MR) is 135 cm³/mol. The molecule has 3 aliphatic rings. The lowest BCUT2D eigenvalue weighted by Gasteiger charge is -2.33. The summed E-state index contributed by atoms with van der Waals surface area (Å²) >= 11 is 0. The molecule has 3 saturated heterocycles. The third kappa shape index (κ3) is 4.30. The molecule has 0 aliphatic carbocycles. The number of likely N-dealkylation sites (tertiary alicyclic amines) is 1. The first kappa shape index (κ1) is 22.2. The molecule has 9 heteroatoms. The van der Waals surface area contributed by atoms with Crippen molar-refractivity contribution < 1.29 is 9.13 Å². The topological polar surface area (TPSA) is 69.7 Å². The number of rotatable bonds is 5. The van der Waals surface area contributed by atoms with Crippen LogP contribution in [-0.4, -0.2) is 78.4 Å².